The molecule has 1 aliphatic heterocycles. The molecule has 0 amide bonds. The fourth-order valence-corrected chi connectivity index (χ4v) is 1.11. The van der Waals surface area contributed by atoms with Crippen molar-refractivity contribution in [1.82, 2.24) is 0 Å². The fourth-order valence-electron chi connectivity index (χ4n) is 0.959. The van der Waals surface area contributed by atoms with Gasteiger partial charge in [-0.3, -0.25) is 0 Å². The van der Waals surface area contributed by atoms with Crippen LogP contribution >= 0.6 is 21.3 Å². The molecule has 0 unspecified atom stereocenters. The van der Waals surface area contributed by atoms with Crippen LogP contribution in [0.4, 0.5) is 0 Å². The molecule has 13 heavy (non-hydrogen) atoms. The van der Waals surface area contributed by atoms with Gasteiger partial charge < -0.3 is 9.47 Å². The standard InChI is InChI=1S/C8H6ClO2.ClH.Zn/c1-5-2-7-8(3-6(5)9)11-4-10-7;;/h2-3H,1,4H2;1H;/q-1;;+2/p-1. The van der Waals surface area contributed by atoms with Gasteiger partial charge in [-0.15, -0.1) is 6.07 Å². The summed E-state index contributed by atoms with van der Waals surface area (Å²) in [5.74, 6) is 1.42. The van der Waals surface area contributed by atoms with E-state index in [1.165, 1.54) is 0 Å². The van der Waals surface area contributed by atoms with Crippen molar-refractivity contribution in [2.75, 3.05) is 6.79 Å². The number of halogens is 2. The van der Waals surface area contributed by atoms with E-state index in [2.05, 4.69) is 6.92 Å². The summed E-state index contributed by atoms with van der Waals surface area (Å²) in [6.45, 7) is 4.00. The number of fused-ring (bicyclic) bond motifs is 1. The van der Waals surface area contributed by atoms with E-state index in [1.54, 1.807) is 12.1 Å². The summed E-state index contributed by atoms with van der Waals surface area (Å²) < 4.78 is 10.2. The molecule has 0 N–H and O–H groups in total. The molecule has 5 heteroatoms. The van der Waals surface area contributed by atoms with Gasteiger partial charge in [0.2, 0.25) is 6.79 Å². The predicted molar refractivity (Wildman–Crippen MR) is 47.9 cm³/mol. The third-order valence-electron chi connectivity index (χ3n) is 1.54. The van der Waals surface area contributed by atoms with Gasteiger partial charge in [-0.2, -0.15) is 24.1 Å². The number of ether oxygens (including phenoxy) is 2. The Morgan fingerprint density at radius 1 is 1.23 bits per heavy atom. The maximum atomic E-state index is 5.79. The van der Waals surface area contributed by atoms with Crippen molar-refractivity contribution in [3.63, 3.8) is 0 Å². The van der Waals surface area contributed by atoms with Crippen LogP contribution < -0.4 is 9.47 Å². The molecular formula is C8H6Cl2O2Zn. The molecular weight excluding hydrogens is 264 g/mol. The van der Waals surface area contributed by atoms with Gasteiger partial charge >= 0.3 is 27.0 Å². The van der Waals surface area contributed by atoms with E-state index in [0.717, 1.165) is 28.6 Å². The zero-order chi connectivity index (χ0) is 9.84. The molecule has 0 saturated carbocycles. The Balaban J connectivity index is 0.000000396. The Morgan fingerprint density at radius 3 is 2.38 bits per heavy atom. The van der Waals surface area contributed by atoms with E-state index in [-0.39, 0.29) is 6.79 Å². The summed E-state index contributed by atoms with van der Waals surface area (Å²) >= 11 is 6.64. The summed E-state index contributed by atoms with van der Waals surface area (Å²) in [5.41, 5.74) is 0.760. The van der Waals surface area contributed by atoms with Crippen LogP contribution in [0.25, 0.3) is 0 Å². The Kier molecular flexibility index (Phi) is 4.17. The second kappa shape index (κ2) is 4.95. The molecule has 1 aromatic rings. The van der Waals surface area contributed by atoms with Gasteiger partial charge in [0.15, 0.2) is 0 Å². The predicted octanol–water partition coefficient (Wildman–Crippen LogP) is 2.94. The van der Waals surface area contributed by atoms with Gasteiger partial charge in [-0.05, 0) is 0 Å². The first kappa shape index (κ1) is 11.0. The van der Waals surface area contributed by atoms with E-state index in [1.807, 2.05) is 0 Å². The molecule has 1 aromatic carbocycles. The van der Waals surface area contributed by atoms with Crippen LogP contribution in [0.15, 0.2) is 12.1 Å². The molecule has 0 fully saturated rings. The SMILES string of the molecule is [CH2-]c1cc2c(cc1Cl)OCO2.[Cl][Zn+]. The molecule has 0 radical (unpaired) electrons. The summed E-state index contributed by atoms with van der Waals surface area (Å²) in [4.78, 5) is 0. The van der Waals surface area contributed by atoms with Gasteiger partial charge in [0.1, 0.15) is 11.5 Å². The van der Waals surface area contributed by atoms with Crippen molar-refractivity contribution in [3.05, 3.63) is 29.6 Å². The average Bonchev–Trinajstić information content (AvgIpc) is 2.56. The van der Waals surface area contributed by atoms with Crippen LogP contribution in [0.3, 0.4) is 0 Å². The third-order valence-corrected chi connectivity index (χ3v) is 1.89. The van der Waals surface area contributed by atoms with E-state index < -0.39 is 0 Å². The van der Waals surface area contributed by atoms with Gasteiger partial charge in [-0.25, -0.2) is 0 Å². The molecule has 0 saturated heterocycles. The summed E-state index contributed by atoms with van der Waals surface area (Å²) in [5, 5.41) is 0.606. The van der Waals surface area contributed by atoms with Crippen molar-refractivity contribution in [2.24, 2.45) is 0 Å². The Morgan fingerprint density at radius 2 is 1.77 bits per heavy atom. The molecule has 1 aliphatic rings. The topological polar surface area (TPSA) is 18.5 Å². The fraction of sp³-hybridized carbons (Fsp3) is 0.125. The maximum absolute atomic E-state index is 5.79. The molecule has 2 rings (SSSR count). The number of rotatable bonds is 0. The normalized spacial score (nSPS) is 12.0. The number of hydrogen-bond acceptors (Lipinski definition) is 2. The molecule has 2 nitrogen and oxygen atoms in total. The van der Waals surface area contributed by atoms with Gasteiger partial charge in [0.25, 0.3) is 0 Å². The minimum absolute atomic E-state index is 0.273. The first-order chi connectivity index (χ1) is 6.27. The number of benzene rings is 1. The van der Waals surface area contributed by atoms with Crippen molar-refractivity contribution in [3.8, 4) is 11.5 Å². The quantitative estimate of drug-likeness (QED) is 0.533. The van der Waals surface area contributed by atoms with Crippen LogP contribution in [-0.2, 0) is 17.3 Å². The van der Waals surface area contributed by atoms with Crippen LogP contribution in [0.1, 0.15) is 5.56 Å². The van der Waals surface area contributed by atoms with Crippen LogP contribution in [0.2, 0.25) is 5.02 Å². The summed E-state index contributed by atoms with van der Waals surface area (Å²) in [6.07, 6.45) is 0. The van der Waals surface area contributed by atoms with E-state index in [0.29, 0.717) is 10.8 Å². The van der Waals surface area contributed by atoms with E-state index in [9.17, 15) is 0 Å². The van der Waals surface area contributed by atoms with Crippen molar-refractivity contribution in [1.29, 1.82) is 0 Å². The van der Waals surface area contributed by atoms with E-state index >= 15 is 0 Å². The molecule has 0 bridgehead atoms. The Hall–Kier alpha value is -0.107. The van der Waals surface area contributed by atoms with Gasteiger partial charge in [0.05, 0.1) is 0 Å². The van der Waals surface area contributed by atoms with Crippen molar-refractivity contribution < 1.29 is 26.8 Å². The zero-order valence-electron chi connectivity index (χ0n) is 6.85. The third kappa shape index (κ3) is 2.43. The summed E-state index contributed by atoms with van der Waals surface area (Å²) in [7, 11) is 4.76. The molecule has 66 valence electrons. The molecule has 0 spiro atoms. The first-order valence-electron chi connectivity index (χ1n) is 3.45. The van der Waals surface area contributed by atoms with Crippen molar-refractivity contribution >= 4 is 21.3 Å². The Labute approximate surface area is 95.8 Å². The molecule has 0 aromatic heterocycles. The first-order valence-corrected chi connectivity index (χ1v) is 7.73. The minimum atomic E-state index is 0.273. The average molecular weight is 270 g/mol. The number of hydrogen-bond donors (Lipinski definition) is 0. The van der Waals surface area contributed by atoms with Crippen LogP contribution in [0.5, 0.6) is 11.5 Å². The second-order valence-electron chi connectivity index (χ2n) is 2.30. The molecule has 0 aliphatic carbocycles. The Bertz CT molecular complexity index is 275. The van der Waals surface area contributed by atoms with Gasteiger partial charge in [0, 0.05) is 0 Å². The molecule has 0 atom stereocenters. The summed E-state index contributed by atoms with van der Waals surface area (Å²) in [6, 6.07) is 3.48. The van der Waals surface area contributed by atoms with Crippen LogP contribution in [-0.4, -0.2) is 6.79 Å². The zero-order valence-corrected chi connectivity index (χ0v) is 11.3. The second-order valence-corrected chi connectivity index (χ2v) is 2.70. The van der Waals surface area contributed by atoms with E-state index in [4.69, 9.17) is 30.8 Å². The molecule has 1 heterocycles. The van der Waals surface area contributed by atoms with Crippen LogP contribution in [0, 0.1) is 6.92 Å². The van der Waals surface area contributed by atoms with Crippen molar-refractivity contribution in [2.45, 2.75) is 0 Å². The monoisotopic (exact) mass is 268 g/mol. The van der Waals surface area contributed by atoms with Gasteiger partial charge in [-0.1, -0.05) is 11.1 Å².